The van der Waals surface area contributed by atoms with Gasteiger partial charge in [0.2, 0.25) is 0 Å². The second-order valence-corrected chi connectivity index (χ2v) is 8.48. The topological polar surface area (TPSA) is 88.5 Å². The highest BCUT2D eigenvalue weighted by molar-refractivity contribution is 7.21. The highest BCUT2D eigenvalue weighted by Crippen LogP contribution is 2.38. The molecule has 6 nitrogen and oxygen atoms in total. The van der Waals surface area contributed by atoms with Crippen LogP contribution in [0, 0.1) is 0 Å². The van der Waals surface area contributed by atoms with Gasteiger partial charge >= 0.3 is 5.97 Å². The number of nitrogens with one attached hydrogen (secondary N) is 1. The first-order valence-electron chi connectivity index (χ1n) is 9.40. The first-order valence-corrected chi connectivity index (χ1v) is 10.2. The van der Waals surface area contributed by atoms with Crippen molar-refractivity contribution in [3.8, 4) is 5.75 Å². The van der Waals surface area contributed by atoms with E-state index in [4.69, 9.17) is 4.74 Å². The van der Waals surface area contributed by atoms with E-state index < -0.39 is 17.4 Å². The van der Waals surface area contributed by atoms with Crippen molar-refractivity contribution in [2.45, 2.75) is 26.0 Å². The SMILES string of the molecule is CC(C)(NC(=O)c1sc2ccccc2c1OCc1ccc2ccccc2n1)C(=O)O. The lowest BCUT2D eigenvalue weighted by Crippen LogP contribution is -2.49. The number of carboxylic acid groups (broad SMARTS) is 1. The number of rotatable bonds is 6. The summed E-state index contributed by atoms with van der Waals surface area (Å²) in [7, 11) is 0. The van der Waals surface area contributed by atoms with Crippen LogP contribution in [0.25, 0.3) is 21.0 Å². The minimum absolute atomic E-state index is 0.189. The van der Waals surface area contributed by atoms with Crippen molar-refractivity contribution in [3.63, 3.8) is 0 Å². The number of fused-ring (bicyclic) bond motifs is 2. The van der Waals surface area contributed by atoms with Crippen molar-refractivity contribution in [1.29, 1.82) is 0 Å². The van der Waals surface area contributed by atoms with E-state index in [9.17, 15) is 14.7 Å². The van der Waals surface area contributed by atoms with Gasteiger partial charge < -0.3 is 15.2 Å². The van der Waals surface area contributed by atoms with E-state index in [1.165, 1.54) is 25.2 Å². The van der Waals surface area contributed by atoms with Crippen LogP contribution in [0.1, 0.15) is 29.2 Å². The zero-order valence-corrected chi connectivity index (χ0v) is 17.3. The smallest absolute Gasteiger partial charge is 0.328 e. The normalized spacial score (nSPS) is 11.5. The number of ether oxygens (including phenoxy) is 1. The quantitative estimate of drug-likeness (QED) is 0.475. The van der Waals surface area contributed by atoms with Crippen LogP contribution in [0.3, 0.4) is 0 Å². The molecule has 0 saturated heterocycles. The summed E-state index contributed by atoms with van der Waals surface area (Å²) in [6.07, 6.45) is 0. The lowest BCUT2D eigenvalue weighted by Gasteiger charge is -2.20. The highest BCUT2D eigenvalue weighted by atomic mass is 32.1. The summed E-state index contributed by atoms with van der Waals surface area (Å²) in [5.74, 6) is -1.16. The number of aromatic nitrogens is 1. The van der Waals surface area contributed by atoms with E-state index in [0.29, 0.717) is 10.6 Å². The third kappa shape index (κ3) is 3.84. The van der Waals surface area contributed by atoms with E-state index in [2.05, 4.69) is 10.3 Å². The van der Waals surface area contributed by atoms with Crippen molar-refractivity contribution in [2.24, 2.45) is 0 Å². The molecule has 0 unspecified atom stereocenters. The van der Waals surface area contributed by atoms with E-state index >= 15 is 0 Å². The van der Waals surface area contributed by atoms with Crippen molar-refractivity contribution < 1.29 is 19.4 Å². The van der Waals surface area contributed by atoms with Crippen LogP contribution in [-0.2, 0) is 11.4 Å². The fourth-order valence-electron chi connectivity index (χ4n) is 3.04. The molecule has 0 fully saturated rings. The van der Waals surface area contributed by atoms with Crippen LogP contribution in [-0.4, -0.2) is 27.5 Å². The summed E-state index contributed by atoms with van der Waals surface area (Å²) in [4.78, 5) is 29.2. The van der Waals surface area contributed by atoms with E-state index in [1.807, 2.05) is 60.7 Å². The van der Waals surface area contributed by atoms with Crippen LogP contribution in [0.4, 0.5) is 0 Å². The minimum Gasteiger partial charge on any atom is -0.485 e. The Hall–Kier alpha value is -3.45. The Morgan fingerprint density at radius 1 is 1.07 bits per heavy atom. The number of hydrogen-bond donors (Lipinski definition) is 2. The number of pyridine rings is 1. The molecule has 0 bridgehead atoms. The van der Waals surface area contributed by atoms with Gasteiger partial charge in [-0.15, -0.1) is 11.3 Å². The number of para-hydroxylation sites is 1. The fourth-order valence-corrected chi connectivity index (χ4v) is 4.09. The predicted octanol–water partition coefficient (Wildman–Crippen LogP) is 4.62. The monoisotopic (exact) mass is 420 g/mol. The summed E-state index contributed by atoms with van der Waals surface area (Å²) < 4.78 is 6.95. The average Bonchev–Trinajstić information content (AvgIpc) is 3.10. The number of carbonyl (C=O) groups excluding carboxylic acids is 1. The van der Waals surface area contributed by atoms with Gasteiger partial charge in [-0.05, 0) is 38.1 Å². The fraction of sp³-hybridized carbons (Fsp3) is 0.174. The summed E-state index contributed by atoms with van der Waals surface area (Å²) in [6, 6.07) is 19.2. The van der Waals surface area contributed by atoms with Gasteiger partial charge in [-0.3, -0.25) is 4.79 Å². The maximum absolute atomic E-state index is 12.9. The Balaban J connectivity index is 1.65. The van der Waals surface area contributed by atoms with E-state index in [1.54, 1.807) is 0 Å². The molecule has 4 rings (SSSR count). The van der Waals surface area contributed by atoms with Gasteiger partial charge in [-0.25, -0.2) is 9.78 Å². The second-order valence-electron chi connectivity index (χ2n) is 7.42. The van der Waals surface area contributed by atoms with Gasteiger partial charge in [0, 0.05) is 15.5 Å². The third-order valence-corrected chi connectivity index (χ3v) is 5.89. The van der Waals surface area contributed by atoms with E-state index in [-0.39, 0.29) is 6.61 Å². The van der Waals surface area contributed by atoms with Crippen LogP contribution in [0.2, 0.25) is 0 Å². The van der Waals surface area contributed by atoms with Gasteiger partial charge in [0.05, 0.1) is 11.2 Å². The van der Waals surface area contributed by atoms with Gasteiger partial charge in [0.1, 0.15) is 17.0 Å². The molecule has 1 amide bonds. The molecule has 0 atom stereocenters. The molecule has 152 valence electrons. The number of nitrogens with zero attached hydrogens (tertiary/aromatic N) is 1. The highest BCUT2D eigenvalue weighted by Gasteiger charge is 2.31. The molecular formula is C23H20N2O4S. The standard InChI is InChI=1S/C23H20N2O4S/c1-23(2,22(27)28)25-21(26)20-19(16-8-4-6-10-18(16)30-20)29-13-15-12-11-14-7-3-5-9-17(14)24-15/h3-12H,13H2,1-2H3,(H,25,26)(H,27,28). The lowest BCUT2D eigenvalue weighted by atomic mass is 10.1. The number of amides is 1. The third-order valence-electron chi connectivity index (χ3n) is 4.74. The molecule has 2 heterocycles. The molecule has 2 aromatic carbocycles. The number of hydrogen-bond acceptors (Lipinski definition) is 5. The molecule has 0 radical (unpaired) electrons. The Bertz CT molecular complexity index is 1260. The molecule has 2 aromatic heterocycles. The molecule has 0 aliphatic heterocycles. The van der Waals surface area contributed by atoms with Crippen molar-refractivity contribution >= 4 is 44.2 Å². The second kappa shape index (κ2) is 7.76. The van der Waals surface area contributed by atoms with Gasteiger partial charge in [-0.2, -0.15) is 0 Å². The van der Waals surface area contributed by atoms with Crippen LogP contribution >= 0.6 is 11.3 Å². The zero-order chi connectivity index (χ0) is 21.3. The number of carbonyl (C=O) groups is 2. The summed E-state index contributed by atoms with van der Waals surface area (Å²) in [5, 5.41) is 13.8. The van der Waals surface area contributed by atoms with Crippen LogP contribution in [0.5, 0.6) is 5.75 Å². The molecule has 2 N–H and O–H groups in total. The van der Waals surface area contributed by atoms with Crippen LogP contribution in [0.15, 0.2) is 60.7 Å². The maximum atomic E-state index is 12.9. The largest absolute Gasteiger partial charge is 0.485 e. The molecule has 0 saturated carbocycles. The van der Waals surface area contributed by atoms with Gasteiger partial charge in [-0.1, -0.05) is 36.4 Å². The lowest BCUT2D eigenvalue weighted by molar-refractivity contribution is -0.143. The summed E-state index contributed by atoms with van der Waals surface area (Å²) in [6.45, 7) is 3.08. The Morgan fingerprint density at radius 2 is 1.80 bits per heavy atom. The molecular weight excluding hydrogens is 400 g/mol. The zero-order valence-electron chi connectivity index (χ0n) is 16.5. The minimum atomic E-state index is -1.40. The molecule has 7 heteroatoms. The molecule has 4 aromatic rings. The Kier molecular flexibility index (Phi) is 5.13. The Morgan fingerprint density at radius 3 is 2.60 bits per heavy atom. The van der Waals surface area contributed by atoms with Crippen molar-refractivity contribution in [3.05, 3.63) is 71.2 Å². The van der Waals surface area contributed by atoms with Crippen LogP contribution < -0.4 is 10.1 Å². The molecule has 0 spiro atoms. The summed E-state index contributed by atoms with van der Waals surface area (Å²) in [5.41, 5.74) is 0.209. The number of benzene rings is 2. The van der Waals surface area contributed by atoms with Gasteiger partial charge in [0.15, 0.2) is 5.75 Å². The summed E-state index contributed by atoms with van der Waals surface area (Å²) >= 11 is 1.27. The van der Waals surface area contributed by atoms with Gasteiger partial charge in [0.25, 0.3) is 5.91 Å². The maximum Gasteiger partial charge on any atom is 0.328 e. The molecule has 0 aliphatic rings. The predicted molar refractivity (Wildman–Crippen MR) is 117 cm³/mol. The van der Waals surface area contributed by atoms with Crippen molar-refractivity contribution in [2.75, 3.05) is 0 Å². The number of carboxylic acids is 1. The first kappa shape index (κ1) is 19.8. The first-order chi connectivity index (χ1) is 14.3. The number of aliphatic carboxylic acids is 1. The van der Waals surface area contributed by atoms with Crippen molar-refractivity contribution in [1.82, 2.24) is 10.3 Å². The molecule has 30 heavy (non-hydrogen) atoms. The Labute approximate surface area is 177 Å². The van der Waals surface area contributed by atoms with E-state index in [0.717, 1.165) is 26.7 Å². The molecule has 0 aliphatic carbocycles. The average molecular weight is 420 g/mol. The number of thiophene rings is 1.